The maximum absolute atomic E-state index is 14.2. The van der Waals surface area contributed by atoms with Crippen molar-refractivity contribution >= 4 is 84.8 Å². The van der Waals surface area contributed by atoms with E-state index in [4.69, 9.17) is 16.3 Å². The third kappa shape index (κ3) is 13.7. The van der Waals surface area contributed by atoms with Gasteiger partial charge in [-0.2, -0.15) is 0 Å². The van der Waals surface area contributed by atoms with Crippen LogP contribution in [0, 0.1) is 21.4 Å². The second-order valence-corrected chi connectivity index (χ2v) is 27.4. The average molecular weight is 1250 g/mol. The molecule has 21 nitrogen and oxygen atoms in total. The summed E-state index contributed by atoms with van der Waals surface area (Å²) in [5, 5.41) is 19.6. The highest BCUT2D eigenvalue weighted by Crippen LogP contribution is 2.44. The molecule has 5 aliphatic heterocycles. The lowest BCUT2D eigenvalue weighted by Crippen LogP contribution is -2.52. The van der Waals surface area contributed by atoms with Gasteiger partial charge in [0.05, 0.1) is 21.6 Å². The molecule has 0 radical (unpaired) electrons. The van der Waals surface area contributed by atoms with Crippen LogP contribution in [0.4, 0.5) is 17.1 Å². The van der Waals surface area contributed by atoms with Gasteiger partial charge in [-0.05, 0) is 159 Å². The number of aryl methyl sites for hydroxylation is 1. The second-order valence-electron chi connectivity index (χ2n) is 25.2. The van der Waals surface area contributed by atoms with E-state index in [9.17, 15) is 42.5 Å². The number of nitro benzene ring substituents is 1. The summed E-state index contributed by atoms with van der Waals surface area (Å²) in [5.41, 5.74) is 7.64. The number of rotatable bonds is 18. The number of carbonyl (C=O) groups is 5. The van der Waals surface area contributed by atoms with Crippen molar-refractivity contribution in [1.82, 2.24) is 39.6 Å². The number of anilines is 2. The number of hydrogen-bond acceptors (Lipinski definition) is 15. The highest BCUT2D eigenvalue weighted by atomic mass is 35.5. The Morgan fingerprint density at radius 1 is 0.876 bits per heavy atom. The number of pyridine rings is 1. The van der Waals surface area contributed by atoms with Crippen molar-refractivity contribution in [3.05, 3.63) is 152 Å². The van der Waals surface area contributed by atoms with E-state index in [0.29, 0.717) is 73.6 Å². The van der Waals surface area contributed by atoms with E-state index in [1.54, 1.807) is 30.5 Å². The Kier molecular flexibility index (Phi) is 17.7. The number of likely N-dealkylation sites (tertiary alicyclic amines) is 2. The zero-order valence-corrected chi connectivity index (χ0v) is 51.7. The van der Waals surface area contributed by atoms with E-state index < -0.39 is 43.4 Å². The van der Waals surface area contributed by atoms with Crippen LogP contribution < -0.4 is 25.0 Å². The number of imide groups is 1. The number of allylic oxidation sites excluding steroid dienone is 1. The minimum Gasteiger partial charge on any atom is -0.455 e. The van der Waals surface area contributed by atoms with Gasteiger partial charge in [0.15, 0.2) is 0 Å². The van der Waals surface area contributed by atoms with Crippen LogP contribution >= 0.6 is 11.6 Å². The first kappa shape index (κ1) is 61.1. The summed E-state index contributed by atoms with van der Waals surface area (Å²) in [6, 6.07) is 25.5. The molecule has 0 spiro atoms. The summed E-state index contributed by atoms with van der Waals surface area (Å²) in [4.78, 5) is 95.0. The summed E-state index contributed by atoms with van der Waals surface area (Å²) < 4.78 is 36.6. The van der Waals surface area contributed by atoms with Crippen LogP contribution in [-0.4, -0.2) is 150 Å². The molecule has 89 heavy (non-hydrogen) atoms. The van der Waals surface area contributed by atoms with Gasteiger partial charge in [-0.25, -0.2) is 18.1 Å². The quantitative estimate of drug-likeness (QED) is 0.0355. The van der Waals surface area contributed by atoms with Gasteiger partial charge >= 0.3 is 0 Å². The normalized spacial score (nSPS) is 19.8. The van der Waals surface area contributed by atoms with Crippen molar-refractivity contribution in [3.63, 3.8) is 0 Å². The van der Waals surface area contributed by atoms with Gasteiger partial charge in [-0.3, -0.25) is 44.3 Å². The highest BCUT2D eigenvalue weighted by molar-refractivity contribution is 7.90. The van der Waals surface area contributed by atoms with E-state index >= 15 is 0 Å². The molecule has 4 aromatic carbocycles. The van der Waals surface area contributed by atoms with Gasteiger partial charge < -0.3 is 34.6 Å². The Morgan fingerprint density at radius 2 is 1.65 bits per heavy atom. The molecule has 12 rings (SSSR count). The number of ether oxygens (including phenoxy) is 1. The Bertz CT molecular complexity index is 3890. The Labute approximate surface area is 522 Å². The molecule has 6 aromatic rings. The van der Waals surface area contributed by atoms with Gasteiger partial charge in [0.1, 0.15) is 28.9 Å². The van der Waals surface area contributed by atoms with Crippen LogP contribution in [0.3, 0.4) is 0 Å². The lowest BCUT2D eigenvalue weighted by Gasteiger charge is -2.42. The Hall–Kier alpha value is -8.18. The molecule has 0 bridgehead atoms. The first-order chi connectivity index (χ1) is 42.8. The number of hydrogen-bond donors (Lipinski definition) is 4. The maximum Gasteiger partial charge on any atom is 0.293 e. The van der Waals surface area contributed by atoms with Crippen LogP contribution in [0.15, 0.2) is 114 Å². The lowest BCUT2D eigenvalue weighted by atomic mass is 9.72. The van der Waals surface area contributed by atoms with Crippen molar-refractivity contribution in [3.8, 4) is 11.5 Å². The summed E-state index contributed by atoms with van der Waals surface area (Å²) >= 11 is 6.28. The number of nitro groups is 1. The Balaban J connectivity index is 0.636. The van der Waals surface area contributed by atoms with E-state index in [2.05, 4.69) is 66.0 Å². The number of aromatic nitrogens is 2. The molecule has 7 heterocycles. The van der Waals surface area contributed by atoms with Crippen LogP contribution in [0.1, 0.15) is 115 Å². The number of amides is 5. The maximum atomic E-state index is 14.2. The SMILES string of the molecule is CC1(C)CCC(CN2CCN(c3ccc(C(=O)NS(=O)(=O)c4ccc(NCC5CCN(C6CCN(C(=O)CCc7cccc8c7CN(C7CCC(=O)NC7=O)C8=O)CC6)CC5)c([N+](=O)[O-])c4)c(Oc4cnc5[nH]ccc5c4)c3)CC2)=C(c2ccc(Cl)cc2)C1. The fraction of sp³-hybridized carbons (Fsp3) is 0.424. The van der Waals surface area contributed by atoms with Crippen LogP contribution in [0.5, 0.6) is 11.5 Å². The number of benzene rings is 4. The number of sulfonamides is 1. The molecule has 5 amide bonds. The number of aromatic amines is 1. The lowest BCUT2D eigenvalue weighted by molar-refractivity contribution is -0.384. The molecule has 4 saturated heterocycles. The first-order valence-electron chi connectivity index (χ1n) is 30.9. The monoisotopic (exact) mass is 1250 g/mol. The molecule has 1 atom stereocenters. The predicted molar refractivity (Wildman–Crippen MR) is 338 cm³/mol. The zero-order valence-electron chi connectivity index (χ0n) is 50.1. The van der Waals surface area contributed by atoms with Gasteiger partial charge in [0, 0.05) is 118 Å². The van der Waals surface area contributed by atoms with Crippen molar-refractivity contribution in [1.29, 1.82) is 0 Å². The summed E-state index contributed by atoms with van der Waals surface area (Å²) in [7, 11) is -4.64. The number of H-pyrrole nitrogens is 1. The highest BCUT2D eigenvalue weighted by Gasteiger charge is 2.40. The smallest absolute Gasteiger partial charge is 0.293 e. The zero-order chi connectivity index (χ0) is 62.1. The van der Waals surface area contributed by atoms with Crippen molar-refractivity contribution < 1.29 is 42.1 Å². The molecule has 0 saturated carbocycles. The van der Waals surface area contributed by atoms with E-state index in [1.165, 1.54) is 46.0 Å². The number of fused-ring (bicyclic) bond motifs is 2. The van der Waals surface area contributed by atoms with Crippen molar-refractivity contribution in [2.45, 2.75) is 108 Å². The van der Waals surface area contributed by atoms with Gasteiger partial charge in [-0.15, -0.1) is 0 Å². The largest absolute Gasteiger partial charge is 0.455 e. The molecular formula is C66H74ClN11O10S. The number of carbonyl (C=O) groups excluding carboxylic acids is 5. The fourth-order valence-corrected chi connectivity index (χ4v) is 14.8. The second kappa shape index (κ2) is 25.7. The molecule has 466 valence electrons. The minimum absolute atomic E-state index is 0.0570. The summed E-state index contributed by atoms with van der Waals surface area (Å²) in [6.45, 7) is 12.1. The number of piperazine rings is 1. The molecule has 4 fully saturated rings. The summed E-state index contributed by atoms with van der Waals surface area (Å²) in [6.07, 6.45) is 11.0. The molecule has 1 unspecified atom stereocenters. The number of halogens is 1. The molecule has 1 aliphatic carbocycles. The number of piperidine rings is 3. The van der Waals surface area contributed by atoms with Gasteiger partial charge in [0.25, 0.3) is 27.5 Å². The standard InChI is InChI=1S/C66H74ClN11O10S/c1-66(2)24-18-46(54(37-66)44-6-9-47(67)10-7-44)40-73-30-32-75(33-31-73)49-11-13-53(59(35-49)88-50-34-45-19-25-68-62(45)70-39-50)63(81)72-89(86,87)51-12-14-56(58(36-51)78(84)85)69-38-42-20-26-74(27-21-42)48-22-28-76(29-23-48)61(80)17-8-43-4-3-5-52-55(43)41-77(65(52)83)57-15-16-60(79)71-64(57)82/h3-7,9-14,19,25,34-36,39,42,48,57,69H,8,15-18,20-24,26-33,37-38,40-41H2,1-2H3,(H,68,70)(H,72,81)(H,71,79,82). The molecule has 23 heteroatoms. The Morgan fingerprint density at radius 3 is 2.40 bits per heavy atom. The van der Waals surface area contributed by atoms with Crippen molar-refractivity contribution in [2.75, 3.05) is 75.7 Å². The van der Waals surface area contributed by atoms with Crippen LogP contribution in [0.25, 0.3) is 16.6 Å². The van der Waals surface area contributed by atoms with E-state index in [1.807, 2.05) is 35.2 Å². The van der Waals surface area contributed by atoms with Crippen molar-refractivity contribution in [2.24, 2.45) is 11.3 Å². The molecule has 2 aromatic heterocycles. The predicted octanol–water partition coefficient (Wildman–Crippen LogP) is 9.33. The van der Waals surface area contributed by atoms with E-state index in [0.717, 1.165) is 106 Å². The average Bonchev–Trinajstić information content (AvgIpc) is 1.80. The van der Waals surface area contributed by atoms with Gasteiger partial charge in [0.2, 0.25) is 17.7 Å². The molecule has 4 N–H and O–H groups in total. The fourth-order valence-electron chi connectivity index (χ4n) is 13.7. The van der Waals surface area contributed by atoms with E-state index in [-0.39, 0.29) is 65.4 Å². The molecular weight excluding hydrogens is 1170 g/mol. The van der Waals surface area contributed by atoms with Gasteiger partial charge in [-0.1, -0.05) is 55.3 Å². The third-order valence-corrected chi connectivity index (χ3v) is 20.5. The van der Waals surface area contributed by atoms with Crippen LogP contribution in [0.2, 0.25) is 5.02 Å². The van der Waals surface area contributed by atoms with Crippen LogP contribution in [-0.2, 0) is 37.4 Å². The third-order valence-electron chi connectivity index (χ3n) is 18.9. The topological polar surface area (TPSA) is 253 Å². The number of nitrogens with one attached hydrogen (secondary N) is 4. The number of nitrogens with zero attached hydrogens (tertiary/aromatic N) is 7. The first-order valence-corrected chi connectivity index (χ1v) is 32.7. The molecule has 6 aliphatic rings. The minimum atomic E-state index is -4.64. The summed E-state index contributed by atoms with van der Waals surface area (Å²) in [5.74, 6) is -1.32.